The molecule has 0 radical (unpaired) electrons. The lowest BCUT2D eigenvalue weighted by Gasteiger charge is -2.27. The van der Waals surface area contributed by atoms with E-state index in [1.54, 1.807) is 32.2 Å². The van der Waals surface area contributed by atoms with Crippen molar-refractivity contribution in [2.75, 3.05) is 33.9 Å². The molecule has 2 aromatic rings. The molecule has 1 aliphatic rings. The molecule has 170 valence electrons. The van der Waals surface area contributed by atoms with E-state index in [1.165, 1.54) is 23.1 Å². The third kappa shape index (κ3) is 5.31. The zero-order valence-electron chi connectivity index (χ0n) is 18.6. The number of methoxy groups -OCH3 is 2. The summed E-state index contributed by atoms with van der Waals surface area (Å²) in [6.07, 6.45) is 0.617. The van der Waals surface area contributed by atoms with Gasteiger partial charge in [0.15, 0.2) is 0 Å². The van der Waals surface area contributed by atoms with Crippen LogP contribution < -0.4 is 4.74 Å². The summed E-state index contributed by atoms with van der Waals surface area (Å²) in [6, 6.07) is 13.1. The molecule has 1 heterocycles. The predicted molar refractivity (Wildman–Crippen MR) is 119 cm³/mol. The van der Waals surface area contributed by atoms with Gasteiger partial charge in [0, 0.05) is 37.6 Å². The van der Waals surface area contributed by atoms with Crippen LogP contribution >= 0.6 is 0 Å². The second-order valence-corrected chi connectivity index (χ2v) is 7.42. The second kappa shape index (κ2) is 10.9. The van der Waals surface area contributed by atoms with Crippen LogP contribution in [0.25, 0.3) is 0 Å². The van der Waals surface area contributed by atoms with Crippen LogP contribution in [0.4, 0.5) is 4.39 Å². The van der Waals surface area contributed by atoms with Crippen molar-refractivity contribution >= 4 is 17.5 Å². The molecule has 0 aromatic heterocycles. The zero-order chi connectivity index (χ0) is 23.1. The van der Waals surface area contributed by atoms with Crippen molar-refractivity contribution in [3.05, 3.63) is 65.5 Å². The Morgan fingerprint density at radius 2 is 1.97 bits per heavy atom. The Morgan fingerprint density at radius 1 is 1.19 bits per heavy atom. The third-order valence-electron chi connectivity index (χ3n) is 5.38. The highest BCUT2D eigenvalue weighted by Crippen LogP contribution is 2.34. The number of halogens is 1. The van der Waals surface area contributed by atoms with Gasteiger partial charge < -0.3 is 14.4 Å². The number of carbonyl (C=O) groups excluding carboxylic acids is 2. The quantitative estimate of drug-likeness (QED) is 0.598. The highest BCUT2D eigenvalue weighted by atomic mass is 19.1. The highest BCUT2D eigenvalue weighted by Gasteiger charge is 2.35. The maximum atomic E-state index is 14.6. The van der Waals surface area contributed by atoms with Crippen LogP contribution in [-0.2, 0) is 14.3 Å². The van der Waals surface area contributed by atoms with Crippen LogP contribution in [-0.4, -0.2) is 61.4 Å². The van der Waals surface area contributed by atoms with E-state index in [1.807, 2.05) is 24.3 Å². The van der Waals surface area contributed by atoms with Crippen LogP contribution in [0.3, 0.4) is 0 Å². The summed E-state index contributed by atoms with van der Waals surface area (Å²) in [4.78, 5) is 27.0. The predicted octanol–water partition coefficient (Wildman–Crippen LogP) is 3.40. The number of benzene rings is 2. The van der Waals surface area contributed by atoms with Gasteiger partial charge in [0.1, 0.15) is 18.1 Å². The average Bonchev–Trinajstić information content (AvgIpc) is 3.27. The smallest absolute Gasteiger partial charge is 0.262 e. The third-order valence-corrected chi connectivity index (χ3v) is 5.38. The summed E-state index contributed by atoms with van der Waals surface area (Å²) in [6.45, 7) is 2.19. The van der Waals surface area contributed by atoms with Gasteiger partial charge in [-0.05, 0) is 18.2 Å². The molecule has 1 aliphatic heterocycles. The van der Waals surface area contributed by atoms with Crippen molar-refractivity contribution in [1.82, 2.24) is 9.91 Å². The Balaban J connectivity index is 1.93. The first-order valence-corrected chi connectivity index (χ1v) is 10.5. The minimum Gasteiger partial charge on any atom is -0.497 e. The molecule has 0 bridgehead atoms. The lowest BCUT2D eigenvalue weighted by atomic mass is 9.98. The van der Waals surface area contributed by atoms with Gasteiger partial charge in [-0.3, -0.25) is 9.59 Å². The topological polar surface area (TPSA) is 71.4 Å². The van der Waals surface area contributed by atoms with Crippen molar-refractivity contribution in [2.45, 2.75) is 25.8 Å². The van der Waals surface area contributed by atoms with E-state index in [2.05, 4.69) is 5.10 Å². The molecule has 2 amide bonds. The van der Waals surface area contributed by atoms with Crippen LogP contribution in [0.5, 0.6) is 5.75 Å². The van der Waals surface area contributed by atoms with Gasteiger partial charge in [-0.25, -0.2) is 9.40 Å². The molecule has 8 heteroatoms. The standard InChI is InChI=1S/C24H28FN3O4/c1-4-23(29)27(12-13-31-2)16-24(30)28-22(19-10-5-6-11-20(19)25)15-21(26-28)17-8-7-9-18(14-17)32-3/h5-11,14,22H,4,12-13,15-16H2,1-3H3/t22-/m0/s1. The lowest BCUT2D eigenvalue weighted by Crippen LogP contribution is -2.42. The average molecular weight is 442 g/mol. The fourth-order valence-corrected chi connectivity index (χ4v) is 3.66. The molecule has 0 aliphatic carbocycles. The van der Waals surface area contributed by atoms with Gasteiger partial charge >= 0.3 is 0 Å². The Kier molecular flexibility index (Phi) is 7.94. The van der Waals surface area contributed by atoms with E-state index < -0.39 is 11.9 Å². The Bertz CT molecular complexity index is 995. The molecule has 7 nitrogen and oxygen atoms in total. The van der Waals surface area contributed by atoms with Gasteiger partial charge in [-0.1, -0.05) is 37.3 Å². The van der Waals surface area contributed by atoms with E-state index in [0.29, 0.717) is 36.6 Å². The second-order valence-electron chi connectivity index (χ2n) is 7.42. The molecular formula is C24H28FN3O4. The van der Waals surface area contributed by atoms with E-state index in [4.69, 9.17) is 9.47 Å². The molecule has 3 rings (SSSR count). The molecule has 0 spiro atoms. The molecule has 2 aromatic carbocycles. The number of hydrogen-bond acceptors (Lipinski definition) is 5. The van der Waals surface area contributed by atoms with Crippen molar-refractivity contribution in [2.24, 2.45) is 5.10 Å². The van der Waals surface area contributed by atoms with Crippen LogP contribution in [0.2, 0.25) is 0 Å². The number of hydrazone groups is 1. The summed E-state index contributed by atoms with van der Waals surface area (Å²) in [5.74, 6) is -0.280. The van der Waals surface area contributed by atoms with Crippen LogP contribution in [0.1, 0.15) is 36.9 Å². The summed E-state index contributed by atoms with van der Waals surface area (Å²) < 4.78 is 25.0. The Hall–Kier alpha value is -3.26. The molecule has 0 unspecified atom stereocenters. The Labute approximate surface area is 187 Å². The number of hydrogen-bond donors (Lipinski definition) is 0. The minimum absolute atomic E-state index is 0.157. The SMILES string of the molecule is CCC(=O)N(CCOC)CC(=O)N1N=C(c2cccc(OC)c2)C[C@H]1c1ccccc1F. The summed E-state index contributed by atoms with van der Waals surface area (Å²) in [5.41, 5.74) is 1.82. The van der Waals surface area contributed by atoms with Crippen molar-refractivity contribution in [1.29, 1.82) is 0 Å². The first kappa shape index (κ1) is 23.4. The van der Waals surface area contributed by atoms with E-state index in [9.17, 15) is 14.0 Å². The van der Waals surface area contributed by atoms with Crippen molar-refractivity contribution in [3.8, 4) is 5.75 Å². The van der Waals surface area contributed by atoms with Gasteiger partial charge in [0.05, 0.1) is 25.5 Å². The van der Waals surface area contributed by atoms with E-state index in [-0.39, 0.29) is 24.8 Å². The van der Waals surface area contributed by atoms with Crippen LogP contribution in [0, 0.1) is 5.82 Å². The van der Waals surface area contributed by atoms with E-state index >= 15 is 0 Å². The molecule has 0 fully saturated rings. The van der Waals surface area contributed by atoms with Gasteiger partial charge in [0.2, 0.25) is 5.91 Å². The van der Waals surface area contributed by atoms with Crippen molar-refractivity contribution in [3.63, 3.8) is 0 Å². The fourth-order valence-electron chi connectivity index (χ4n) is 3.66. The highest BCUT2D eigenvalue weighted by molar-refractivity contribution is 6.03. The maximum absolute atomic E-state index is 14.6. The lowest BCUT2D eigenvalue weighted by molar-refractivity contribution is -0.142. The minimum atomic E-state index is -0.606. The number of ether oxygens (including phenoxy) is 2. The molecule has 32 heavy (non-hydrogen) atoms. The van der Waals surface area contributed by atoms with Gasteiger partial charge in [0.25, 0.3) is 5.91 Å². The molecular weight excluding hydrogens is 413 g/mol. The first-order chi connectivity index (χ1) is 15.5. The van der Waals surface area contributed by atoms with Crippen LogP contribution in [0.15, 0.2) is 53.6 Å². The molecule has 0 N–H and O–H groups in total. The fraction of sp³-hybridized carbons (Fsp3) is 0.375. The molecule has 0 saturated heterocycles. The van der Waals surface area contributed by atoms with Crippen molar-refractivity contribution < 1.29 is 23.5 Å². The van der Waals surface area contributed by atoms with E-state index in [0.717, 1.165) is 5.56 Å². The summed E-state index contributed by atoms with van der Waals surface area (Å²) in [7, 11) is 3.11. The Morgan fingerprint density at radius 3 is 2.66 bits per heavy atom. The summed E-state index contributed by atoms with van der Waals surface area (Å²) in [5, 5.41) is 5.86. The molecule has 1 atom stereocenters. The number of rotatable bonds is 9. The zero-order valence-corrected chi connectivity index (χ0v) is 18.6. The largest absolute Gasteiger partial charge is 0.497 e. The first-order valence-electron chi connectivity index (χ1n) is 10.5. The monoisotopic (exact) mass is 441 g/mol. The van der Waals surface area contributed by atoms with Gasteiger partial charge in [-0.2, -0.15) is 5.10 Å². The summed E-state index contributed by atoms with van der Waals surface area (Å²) >= 11 is 0. The maximum Gasteiger partial charge on any atom is 0.262 e. The van der Waals surface area contributed by atoms with Gasteiger partial charge in [-0.15, -0.1) is 0 Å². The number of amides is 2. The number of nitrogens with zero attached hydrogens (tertiary/aromatic N) is 3. The number of carbonyl (C=O) groups is 2. The normalized spacial score (nSPS) is 15.4. The molecule has 0 saturated carbocycles.